The van der Waals surface area contributed by atoms with Gasteiger partial charge >= 0.3 is 0 Å². The number of benzene rings is 1. The normalized spacial score (nSPS) is 14.1. The number of nitrogens with zero attached hydrogens (tertiary/aromatic N) is 2. The molecule has 1 aromatic carbocycles. The summed E-state index contributed by atoms with van der Waals surface area (Å²) in [5.41, 5.74) is 2.60. The van der Waals surface area contributed by atoms with Gasteiger partial charge in [0.15, 0.2) is 5.13 Å². The van der Waals surface area contributed by atoms with Gasteiger partial charge in [0.05, 0.1) is 10.8 Å². The van der Waals surface area contributed by atoms with Crippen LogP contribution in [0, 0.1) is 0 Å². The maximum atomic E-state index is 6.04. The van der Waals surface area contributed by atoms with Crippen molar-refractivity contribution in [1.29, 1.82) is 0 Å². The van der Waals surface area contributed by atoms with Gasteiger partial charge in [0.25, 0.3) is 0 Å². The quantitative estimate of drug-likeness (QED) is 0.768. The second kappa shape index (κ2) is 4.48. The Kier molecular flexibility index (Phi) is 2.99. The van der Waals surface area contributed by atoms with Gasteiger partial charge in [0.2, 0.25) is 0 Å². The van der Waals surface area contributed by atoms with E-state index in [1.54, 1.807) is 11.3 Å². The fourth-order valence-corrected chi connectivity index (χ4v) is 3.57. The molecule has 1 aromatic heterocycles. The smallest absolute Gasteiger partial charge is 0.191 e. The molecule has 17 heavy (non-hydrogen) atoms. The molecule has 5 heteroatoms. The van der Waals surface area contributed by atoms with Gasteiger partial charge in [-0.1, -0.05) is 41.1 Å². The lowest BCUT2D eigenvalue weighted by atomic mass is 10.2. The SMILES string of the molecule is ClCc1sc(N2CCc3ccccc32)nc1Cl. The largest absolute Gasteiger partial charge is 0.317 e. The molecule has 1 aliphatic heterocycles. The van der Waals surface area contributed by atoms with Gasteiger partial charge in [-0.3, -0.25) is 0 Å². The molecule has 0 bridgehead atoms. The van der Waals surface area contributed by atoms with Crippen molar-refractivity contribution in [2.45, 2.75) is 12.3 Å². The number of fused-ring (bicyclic) bond motifs is 1. The van der Waals surface area contributed by atoms with Crippen LogP contribution in [0.25, 0.3) is 0 Å². The third-order valence-corrected chi connectivity index (χ3v) is 4.81. The molecule has 2 aromatic rings. The average molecular weight is 285 g/mol. The Bertz CT molecular complexity index is 553. The Hall–Kier alpha value is -0.770. The Morgan fingerprint density at radius 2 is 2.18 bits per heavy atom. The number of hydrogen-bond acceptors (Lipinski definition) is 3. The Morgan fingerprint density at radius 3 is 2.94 bits per heavy atom. The van der Waals surface area contributed by atoms with E-state index in [9.17, 15) is 0 Å². The average Bonchev–Trinajstić information content (AvgIpc) is 2.92. The number of rotatable bonds is 2. The maximum absolute atomic E-state index is 6.04. The zero-order valence-corrected chi connectivity index (χ0v) is 11.3. The minimum absolute atomic E-state index is 0.423. The van der Waals surface area contributed by atoms with Crippen LogP contribution in [0.5, 0.6) is 0 Å². The van der Waals surface area contributed by atoms with Gasteiger partial charge in [0, 0.05) is 12.2 Å². The molecule has 2 heterocycles. The predicted octanol–water partition coefficient (Wildman–Crippen LogP) is 4.23. The van der Waals surface area contributed by atoms with Crippen molar-refractivity contribution in [3.05, 3.63) is 39.9 Å². The monoisotopic (exact) mass is 284 g/mol. The van der Waals surface area contributed by atoms with E-state index in [-0.39, 0.29) is 0 Å². The summed E-state index contributed by atoms with van der Waals surface area (Å²) in [4.78, 5) is 7.54. The van der Waals surface area contributed by atoms with Crippen molar-refractivity contribution >= 4 is 45.4 Å². The van der Waals surface area contributed by atoms with Gasteiger partial charge in [-0.15, -0.1) is 11.6 Å². The standard InChI is InChI=1S/C12H10Cl2N2S/c13-7-10-11(14)15-12(17-10)16-6-5-8-3-1-2-4-9(8)16/h1-4H,5-7H2. The lowest BCUT2D eigenvalue weighted by Gasteiger charge is -2.15. The molecular weight excluding hydrogens is 275 g/mol. The van der Waals surface area contributed by atoms with E-state index in [4.69, 9.17) is 23.2 Å². The highest BCUT2D eigenvalue weighted by molar-refractivity contribution is 7.16. The molecule has 0 radical (unpaired) electrons. The van der Waals surface area contributed by atoms with E-state index in [0.29, 0.717) is 11.0 Å². The third kappa shape index (κ3) is 1.92. The molecule has 0 amide bonds. The molecule has 1 aliphatic rings. The zero-order valence-electron chi connectivity index (χ0n) is 8.99. The summed E-state index contributed by atoms with van der Waals surface area (Å²) in [5, 5.41) is 1.47. The summed E-state index contributed by atoms with van der Waals surface area (Å²) in [6.45, 7) is 0.963. The molecule has 0 spiro atoms. The van der Waals surface area contributed by atoms with E-state index in [1.165, 1.54) is 11.3 Å². The van der Waals surface area contributed by atoms with E-state index in [2.05, 4.69) is 34.1 Å². The number of para-hydroxylation sites is 1. The Balaban J connectivity index is 2.01. The first-order chi connectivity index (χ1) is 8.29. The first-order valence-corrected chi connectivity index (χ1v) is 7.09. The number of aromatic nitrogens is 1. The topological polar surface area (TPSA) is 16.1 Å². The summed E-state index contributed by atoms with van der Waals surface area (Å²) >= 11 is 13.4. The fraction of sp³-hybridized carbons (Fsp3) is 0.250. The zero-order chi connectivity index (χ0) is 11.8. The van der Waals surface area contributed by atoms with Crippen molar-refractivity contribution in [2.24, 2.45) is 0 Å². The first kappa shape index (κ1) is 11.3. The molecule has 0 saturated carbocycles. The first-order valence-electron chi connectivity index (χ1n) is 5.36. The van der Waals surface area contributed by atoms with E-state index < -0.39 is 0 Å². The van der Waals surface area contributed by atoms with Gasteiger partial charge in [-0.05, 0) is 18.1 Å². The van der Waals surface area contributed by atoms with E-state index >= 15 is 0 Å². The van der Waals surface area contributed by atoms with Gasteiger partial charge < -0.3 is 4.90 Å². The van der Waals surface area contributed by atoms with Crippen molar-refractivity contribution in [2.75, 3.05) is 11.4 Å². The van der Waals surface area contributed by atoms with Gasteiger partial charge in [0.1, 0.15) is 5.15 Å². The molecule has 0 atom stereocenters. The van der Waals surface area contributed by atoms with Crippen LogP contribution in [-0.2, 0) is 12.3 Å². The molecule has 2 nitrogen and oxygen atoms in total. The van der Waals surface area contributed by atoms with Crippen molar-refractivity contribution < 1.29 is 0 Å². The van der Waals surface area contributed by atoms with Crippen LogP contribution in [0.1, 0.15) is 10.4 Å². The maximum Gasteiger partial charge on any atom is 0.191 e. The number of alkyl halides is 1. The summed E-state index contributed by atoms with van der Waals surface area (Å²) in [5.74, 6) is 0.423. The lowest BCUT2D eigenvalue weighted by molar-refractivity contribution is 0.990. The van der Waals surface area contributed by atoms with Crippen molar-refractivity contribution in [3.8, 4) is 0 Å². The van der Waals surface area contributed by atoms with Crippen LogP contribution in [0.4, 0.5) is 10.8 Å². The van der Waals surface area contributed by atoms with Crippen LogP contribution in [0.2, 0.25) is 5.15 Å². The lowest BCUT2D eigenvalue weighted by Crippen LogP contribution is -2.12. The minimum Gasteiger partial charge on any atom is -0.317 e. The summed E-state index contributed by atoms with van der Waals surface area (Å²) < 4.78 is 0. The summed E-state index contributed by atoms with van der Waals surface area (Å²) in [7, 11) is 0. The van der Waals surface area contributed by atoms with Crippen LogP contribution in [0.15, 0.2) is 24.3 Å². The Labute approximate surface area is 114 Å². The molecule has 0 aliphatic carbocycles. The molecule has 0 fully saturated rings. The highest BCUT2D eigenvalue weighted by atomic mass is 35.5. The van der Waals surface area contributed by atoms with E-state index in [1.807, 2.05) is 0 Å². The van der Waals surface area contributed by atoms with Crippen LogP contribution >= 0.6 is 34.5 Å². The van der Waals surface area contributed by atoms with Crippen LogP contribution in [0.3, 0.4) is 0 Å². The fourth-order valence-electron chi connectivity index (χ4n) is 2.06. The second-order valence-corrected chi connectivity index (χ2v) is 5.56. The predicted molar refractivity (Wildman–Crippen MR) is 73.8 cm³/mol. The number of halogens is 2. The summed E-state index contributed by atoms with van der Waals surface area (Å²) in [6, 6.07) is 8.40. The van der Waals surface area contributed by atoms with Gasteiger partial charge in [-0.2, -0.15) is 0 Å². The number of hydrogen-bond donors (Lipinski definition) is 0. The highest BCUT2D eigenvalue weighted by Crippen LogP contribution is 2.39. The van der Waals surface area contributed by atoms with Crippen LogP contribution < -0.4 is 4.90 Å². The number of anilines is 2. The van der Waals surface area contributed by atoms with Crippen molar-refractivity contribution in [3.63, 3.8) is 0 Å². The van der Waals surface area contributed by atoms with Crippen molar-refractivity contribution in [1.82, 2.24) is 4.98 Å². The third-order valence-electron chi connectivity index (χ3n) is 2.88. The highest BCUT2D eigenvalue weighted by Gasteiger charge is 2.23. The Morgan fingerprint density at radius 1 is 1.35 bits per heavy atom. The summed E-state index contributed by atoms with van der Waals surface area (Å²) in [6.07, 6.45) is 1.06. The molecule has 0 N–H and O–H groups in total. The van der Waals surface area contributed by atoms with E-state index in [0.717, 1.165) is 23.0 Å². The second-order valence-electron chi connectivity index (χ2n) is 3.87. The molecule has 3 rings (SSSR count). The molecular formula is C12H10Cl2N2S. The van der Waals surface area contributed by atoms with Gasteiger partial charge in [-0.25, -0.2) is 4.98 Å². The molecule has 0 unspecified atom stereocenters. The molecule has 88 valence electrons. The number of thiazole rings is 1. The van der Waals surface area contributed by atoms with Crippen LogP contribution in [-0.4, -0.2) is 11.5 Å². The minimum atomic E-state index is 0.423. The molecule has 0 saturated heterocycles.